The highest BCUT2D eigenvalue weighted by atomic mass is 28.4. The van der Waals surface area contributed by atoms with Crippen LogP contribution < -0.4 is 0 Å². The Morgan fingerprint density at radius 1 is 0.882 bits per heavy atom. The Morgan fingerprint density at radius 3 is 1.59 bits per heavy atom. The summed E-state index contributed by atoms with van der Waals surface area (Å²) in [6, 6.07) is 0. The van der Waals surface area contributed by atoms with E-state index >= 15 is 0 Å². The predicted molar refractivity (Wildman–Crippen MR) is 82.6 cm³/mol. The molecule has 0 aliphatic heterocycles. The zero-order chi connectivity index (χ0) is 13.5. The van der Waals surface area contributed by atoms with Gasteiger partial charge in [-0.25, -0.2) is 0 Å². The molecule has 98 valence electrons. The van der Waals surface area contributed by atoms with E-state index in [4.69, 9.17) is 4.43 Å². The first-order valence-electron chi connectivity index (χ1n) is 6.49. The minimum atomic E-state index is -1.80. The highest BCUT2D eigenvalue weighted by Gasteiger charge is 2.55. The zero-order valence-corrected chi connectivity index (χ0v) is 14.7. The van der Waals surface area contributed by atoms with E-state index in [1.165, 1.54) is 0 Å². The quantitative estimate of drug-likeness (QED) is 0.671. The molecule has 1 aliphatic rings. The van der Waals surface area contributed by atoms with Crippen LogP contribution in [-0.4, -0.2) is 22.0 Å². The minimum absolute atomic E-state index is 0.0490. The molecule has 17 heavy (non-hydrogen) atoms. The average Bonchev–Trinajstić information content (AvgIpc) is 2.44. The smallest absolute Gasteiger partial charge is 0.198 e. The Labute approximate surface area is 109 Å². The van der Waals surface area contributed by atoms with E-state index in [2.05, 4.69) is 77.8 Å². The second-order valence-electron chi connectivity index (χ2n) is 7.56. The lowest BCUT2D eigenvalue weighted by Crippen LogP contribution is -2.57. The van der Waals surface area contributed by atoms with Crippen LogP contribution in [-0.2, 0) is 4.43 Å². The first-order chi connectivity index (χ1) is 7.41. The van der Waals surface area contributed by atoms with Crippen LogP contribution in [0.2, 0.25) is 37.4 Å². The van der Waals surface area contributed by atoms with E-state index in [1.54, 1.807) is 0 Å². The average molecular weight is 269 g/mol. The molecule has 1 rings (SSSR count). The summed E-state index contributed by atoms with van der Waals surface area (Å²) in [6.45, 7) is 18.6. The van der Waals surface area contributed by atoms with Crippen molar-refractivity contribution in [3.05, 3.63) is 24.3 Å². The maximum Gasteiger partial charge on any atom is 0.198 e. The molecule has 1 nitrogen and oxygen atoms in total. The van der Waals surface area contributed by atoms with Crippen LogP contribution in [0.5, 0.6) is 0 Å². The Kier molecular flexibility index (Phi) is 3.70. The van der Waals surface area contributed by atoms with E-state index in [0.717, 1.165) is 0 Å². The van der Waals surface area contributed by atoms with Gasteiger partial charge in [0, 0.05) is 10.3 Å². The third-order valence-electron chi connectivity index (χ3n) is 3.63. The number of hydrogen-bond acceptors (Lipinski definition) is 1. The van der Waals surface area contributed by atoms with Crippen LogP contribution >= 0.6 is 0 Å². The number of hydrogen-bond donors (Lipinski definition) is 0. The van der Waals surface area contributed by atoms with E-state index in [9.17, 15) is 0 Å². The fourth-order valence-corrected chi connectivity index (χ4v) is 14.4. The molecule has 0 heterocycles. The third-order valence-corrected chi connectivity index (χ3v) is 13.9. The Hall–Kier alpha value is -0.126. The van der Waals surface area contributed by atoms with Crippen molar-refractivity contribution in [1.82, 2.24) is 0 Å². The molecule has 0 N–H and O–H groups in total. The van der Waals surface area contributed by atoms with Crippen molar-refractivity contribution in [3.63, 3.8) is 0 Å². The molecule has 0 unspecified atom stereocenters. The fourth-order valence-electron chi connectivity index (χ4n) is 3.12. The molecule has 0 saturated heterocycles. The van der Waals surface area contributed by atoms with E-state index in [0.29, 0.717) is 0 Å². The zero-order valence-electron chi connectivity index (χ0n) is 12.7. The lowest BCUT2D eigenvalue weighted by Gasteiger charge is -2.50. The van der Waals surface area contributed by atoms with Gasteiger partial charge in [-0.2, -0.15) is 0 Å². The Bertz CT molecular complexity index is 328. The first-order valence-corrected chi connectivity index (χ1v) is 12.9. The molecular formula is C14H28OSi2. The molecule has 0 fully saturated rings. The summed E-state index contributed by atoms with van der Waals surface area (Å²) in [4.78, 5) is 0. The monoisotopic (exact) mass is 268 g/mol. The fraction of sp³-hybridized carbons (Fsp3) is 0.714. The van der Waals surface area contributed by atoms with Gasteiger partial charge < -0.3 is 4.43 Å². The molecule has 0 bridgehead atoms. The van der Waals surface area contributed by atoms with Crippen molar-refractivity contribution < 1.29 is 4.43 Å². The summed E-state index contributed by atoms with van der Waals surface area (Å²) < 4.78 is 6.74. The summed E-state index contributed by atoms with van der Waals surface area (Å²) in [5.41, 5.74) is -0.0490. The number of allylic oxidation sites excluding steroid dienone is 4. The van der Waals surface area contributed by atoms with Gasteiger partial charge in [-0.1, -0.05) is 43.9 Å². The highest BCUT2D eigenvalue weighted by Crippen LogP contribution is 2.52. The Morgan fingerprint density at radius 2 is 1.29 bits per heavy atom. The first kappa shape index (κ1) is 14.9. The molecule has 0 aromatic carbocycles. The topological polar surface area (TPSA) is 9.23 Å². The third kappa shape index (κ3) is 2.83. The van der Waals surface area contributed by atoms with Gasteiger partial charge in [-0.05, 0) is 33.9 Å². The molecule has 0 spiro atoms. The second kappa shape index (κ2) is 4.21. The van der Waals surface area contributed by atoms with Crippen molar-refractivity contribution in [2.45, 2.75) is 63.8 Å². The molecule has 3 heteroatoms. The van der Waals surface area contributed by atoms with Crippen molar-refractivity contribution in [2.75, 3.05) is 0 Å². The summed E-state index contributed by atoms with van der Waals surface area (Å²) in [5, 5.41) is 0. The van der Waals surface area contributed by atoms with Gasteiger partial charge >= 0.3 is 0 Å². The largest absolute Gasteiger partial charge is 0.412 e. The van der Waals surface area contributed by atoms with Crippen molar-refractivity contribution in [3.8, 4) is 0 Å². The van der Waals surface area contributed by atoms with Gasteiger partial charge in [-0.3, -0.25) is 0 Å². The van der Waals surface area contributed by atoms with Crippen LogP contribution in [0, 0.1) is 0 Å². The van der Waals surface area contributed by atoms with Crippen LogP contribution in [0.3, 0.4) is 0 Å². The van der Waals surface area contributed by atoms with Gasteiger partial charge in [0.2, 0.25) is 0 Å². The molecule has 0 saturated carbocycles. The molecule has 0 radical (unpaired) electrons. The lowest BCUT2D eigenvalue weighted by atomic mass is 10.2. The molecule has 0 aromatic heterocycles. The minimum Gasteiger partial charge on any atom is -0.412 e. The maximum atomic E-state index is 6.51. The molecule has 0 atom stereocenters. The molecule has 1 aliphatic carbocycles. The molecule has 0 aromatic rings. The Balaban J connectivity index is 3.17. The highest BCUT2D eigenvalue weighted by molar-refractivity contribution is 6.98. The van der Waals surface area contributed by atoms with Crippen molar-refractivity contribution in [2.24, 2.45) is 0 Å². The van der Waals surface area contributed by atoms with Gasteiger partial charge in [0.1, 0.15) is 0 Å². The van der Waals surface area contributed by atoms with Crippen molar-refractivity contribution >= 4 is 16.4 Å². The van der Waals surface area contributed by atoms with Crippen LogP contribution in [0.1, 0.15) is 20.8 Å². The summed E-state index contributed by atoms with van der Waals surface area (Å²) >= 11 is 0. The van der Waals surface area contributed by atoms with Gasteiger partial charge in [0.25, 0.3) is 0 Å². The van der Waals surface area contributed by atoms with Gasteiger partial charge in [0.15, 0.2) is 8.32 Å². The summed E-state index contributed by atoms with van der Waals surface area (Å²) in [5.74, 6) is 0. The molecule has 0 amide bonds. The van der Waals surface area contributed by atoms with Gasteiger partial charge in [0.05, 0.1) is 8.07 Å². The maximum absolute atomic E-state index is 6.51. The van der Waals surface area contributed by atoms with E-state index < -0.39 is 16.4 Å². The van der Waals surface area contributed by atoms with E-state index in [1.807, 2.05) is 0 Å². The van der Waals surface area contributed by atoms with E-state index in [-0.39, 0.29) is 10.3 Å². The van der Waals surface area contributed by atoms with Crippen molar-refractivity contribution in [1.29, 1.82) is 0 Å². The molecular weight excluding hydrogens is 240 g/mol. The standard InChI is InChI=1S/C14H28OSi2/c1-13(2,3)15-17(7,8)14(16(4,5)6)11-9-10-12-14/h9-12H,1-8H3. The lowest BCUT2D eigenvalue weighted by molar-refractivity contribution is 0.117. The summed E-state index contributed by atoms with van der Waals surface area (Å²) in [7, 11) is -3.15. The SMILES string of the molecule is CC(C)(C)O[Si](C)(C)C1([Si](C)(C)C)C=CC=C1. The predicted octanol–water partition coefficient (Wildman–Crippen LogP) is 4.75. The van der Waals surface area contributed by atoms with Crippen LogP contribution in [0.25, 0.3) is 0 Å². The van der Waals surface area contributed by atoms with Crippen LogP contribution in [0.4, 0.5) is 0 Å². The van der Waals surface area contributed by atoms with Gasteiger partial charge in [-0.15, -0.1) is 0 Å². The number of rotatable bonds is 3. The second-order valence-corrected chi connectivity index (χ2v) is 17.4. The van der Waals surface area contributed by atoms with Crippen LogP contribution in [0.15, 0.2) is 24.3 Å². The summed E-state index contributed by atoms with van der Waals surface area (Å²) in [6.07, 6.45) is 9.24. The normalized spacial score (nSPS) is 20.0.